The number of hydrogen-bond donors (Lipinski definition) is 3. The molecule has 8 heteroatoms. The predicted molar refractivity (Wildman–Crippen MR) is 137 cm³/mol. The average Bonchev–Trinajstić information content (AvgIpc) is 3.28. The van der Waals surface area contributed by atoms with Gasteiger partial charge in [0.25, 0.3) is 5.91 Å². The fraction of sp³-hybridized carbons (Fsp3) is 0.185. The van der Waals surface area contributed by atoms with Gasteiger partial charge in [-0.25, -0.2) is 0 Å². The molecule has 0 aliphatic rings. The minimum Gasteiger partial charge on any atom is -0.491 e. The van der Waals surface area contributed by atoms with Crippen molar-refractivity contribution in [2.75, 3.05) is 25.6 Å². The largest absolute Gasteiger partial charge is 0.491 e. The van der Waals surface area contributed by atoms with Crippen LogP contribution in [0.5, 0.6) is 5.75 Å². The molecular formula is C27H26ClN3O4. The van der Waals surface area contributed by atoms with Gasteiger partial charge in [-0.1, -0.05) is 41.9 Å². The number of para-hydroxylation sites is 1. The normalized spacial score (nSPS) is 11.7. The van der Waals surface area contributed by atoms with Crippen molar-refractivity contribution in [3.63, 3.8) is 0 Å². The summed E-state index contributed by atoms with van der Waals surface area (Å²) >= 11 is 6.21. The number of ether oxygens (including phenoxy) is 2. The van der Waals surface area contributed by atoms with E-state index in [9.17, 15) is 9.59 Å². The van der Waals surface area contributed by atoms with Gasteiger partial charge in [0.1, 0.15) is 18.4 Å². The van der Waals surface area contributed by atoms with Crippen LogP contribution in [0.3, 0.4) is 0 Å². The summed E-state index contributed by atoms with van der Waals surface area (Å²) in [6, 6.07) is 20.8. The van der Waals surface area contributed by atoms with Crippen molar-refractivity contribution in [2.24, 2.45) is 0 Å². The Morgan fingerprint density at radius 2 is 1.71 bits per heavy atom. The van der Waals surface area contributed by atoms with Gasteiger partial charge in [0.2, 0.25) is 5.91 Å². The molecule has 1 atom stereocenters. The van der Waals surface area contributed by atoms with E-state index in [4.69, 9.17) is 21.1 Å². The van der Waals surface area contributed by atoms with E-state index >= 15 is 0 Å². The number of H-pyrrole nitrogens is 1. The first kappa shape index (κ1) is 24.3. The van der Waals surface area contributed by atoms with Gasteiger partial charge in [0.15, 0.2) is 0 Å². The van der Waals surface area contributed by atoms with E-state index in [0.717, 1.165) is 16.5 Å². The monoisotopic (exact) mass is 491 g/mol. The van der Waals surface area contributed by atoms with Gasteiger partial charge < -0.3 is 25.1 Å². The maximum Gasteiger partial charge on any atom is 0.253 e. The molecule has 0 radical (unpaired) electrons. The van der Waals surface area contributed by atoms with E-state index in [1.165, 1.54) is 0 Å². The molecule has 0 saturated carbocycles. The van der Waals surface area contributed by atoms with Gasteiger partial charge in [-0.3, -0.25) is 9.59 Å². The molecular weight excluding hydrogens is 466 g/mol. The van der Waals surface area contributed by atoms with Crippen LogP contribution in [-0.2, 0) is 16.0 Å². The molecule has 0 fully saturated rings. The molecule has 1 heterocycles. The number of nitrogens with one attached hydrogen (secondary N) is 3. The number of amides is 2. The molecule has 4 rings (SSSR count). The lowest BCUT2D eigenvalue weighted by Crippen LogP contribution is -2.45. The zero-order valence-electron chi connectivity index (χ0n) is 19.2. The highest BCUT2D eigenvalue weighted by molar-refractivity contribution is 6.33. The van der Waals surface area contributed by atoms with E-state index in [-0.39, 0.29) is 5.91 Å². The third-order valence-corrected chi connectivity index (χ3v) is 5.85. The van der Waals surface area contributed by atoms with Crippen molar-refractivity contribution in [1.29, 1.82) is 0 Å². The van der Waals surface area contributed by atoms with E-state index in [0.29, 0.717) is 41.7 Å². The predicted octanol–water partition coefficient (Wildman–Crippen LogP) is 4.83. The maximum absolute atomic E-state index is 13.3. The zero-order valence-corrected chi connectivity index (χ0v) is 20.0. The Morgan fingerprint density at radius 3 is 2.49 bits per heavy atom. The number of halogens is 1. The Hall–Kier alpha value is -3.81. The van der Waals surface area contributed by atoms with Crippen molar-refractivity contribution >= 4 is 40.0 Å². The molecule has 0 saturated heterocycles. The summed E-state index contributed by atoms with van der Waals surface area (Å²) in [5.41, 5.74) is 2.78. The number of hydrogen-bond acceptors (Lipinski definition) is 4. The lowest BCUT2D eigenvalue weighted by atomic mass is 10.0. The second-order valence-corrected chi connectivity index (χ2v) is 8.33. The average molecular weight is 492 g/mol. The Kier molecular flexibility index (Phi) is 8.03. The molecule has 0 aliphatic carbocycles. The highest BCUT2D eigenvalue weighted by atomic mass is 35.5. The lowest BCUT2D eigenvalue weighted by Gasteiger charge is -2.19. The van der Waals surface area contributed by atoms with Crippen molar-refractivity contribution in [3.05, 3.63) is 95.1 Å². The number of aromatic amines is 1. The summed E-state index contributed by atoms with van der Waals surface area (Å²) in [6.07, 6.45) is 2.16. The summed E-state index contributed by atoms with van der Waals surface area (Å²) in [5, 5.41) is 7.06. The van der Waals surface area contributed by atoms with Gasteiger partial charge in [-0.15, -0.1) is 0 Å². The van der Waals surface area contributed by atoms with Crippen LogP contribution < -0.4 is 15.4 Å². The molecule has 2 amide bonds. The number of aromatic nitrogens is 1. The summed E-state index contributed by atoms with van der Waals surface area (Å²) in [6.45, 7) is 0.919. The van der Waals surface area contributed by atoms with Gasteiger partial charge >= 0.3 is 0 Å². The minimum absolute atomic E-state index is 0.296. The van der Waals surface area contributed by atoms with Crippen LogP contribution in [0.2, 0.25) is 5.02 Å². The topological polar surface area (TPSA) is 92.4 Å². The number of rotatable bonds is 10. The van der Waals surface area contributed by atoms with Crippen molar-refractivity contribution in [3.8, 4) is 5.75 Å². The first-order chi connectivity index (χ1) is 17.0. The van der Waals surface area contributed by atoms with Crippen LogP contribution in [0.25, 0.3) is 10.9 Å². The highest BCUT2D eigenvalue weighted by Crippen LogP contribution is 2.21. The zero-order chi connectivity index (χ0) is 24.6. The molecule has 1 unspecified atom stereocenters. The van der Waals surface area contributed by atoms with E-state index in [2.05, 4.69) is 15.6 Å². The number of fused-ring (bicyclic) bond motifs is 1. The van der Waals surface area contributed by atoms with Crippen molar-refractivity contribution < 1.29 is 19.1 Å². The highest BCUT2D eigenvalue weighted by Gasteiger charge is 2.24. The van der Waals surface area contributed by atoms with E-state index in [1.54, 1.807) is 55.6 Å². The van der Waals surface area contributed by atoms with Crippen LogP contribution in [0, 0.1) is 0 Å². The summed E-state index contributed by atoms with van der Waals surface area (Å²) in [7, 11) is 1.61. The number of benzene rings is 3. The number of carbonyl (C=O) groups excluding carboxylic acids is 2. The van der Waals surface area contributed by atoms with Crippen molar-refractivity contribution in [2.45, 2.75) is 12.5 Å². The van der Waals surface area contributed by atoms with Crippen LogP contribution in [0.4, 0.5) is 5.69 Å². The summed E-state index contributed by atoms with van der Waals surface area (Å²) in [4.78, 5) is 29.5. The standard InChI is InChI=1S/C27H26ClN3O4/c1-34-14-15-35-20-12-10-19(11-13-20)30-27(33)25(31-26(32)22-7-2-4-8-23(22)28)16-18-17-29-24-9-5-3-6-21(18)24/h2-13,17,25,29H,14-16H2,1H3,(H,30,33)(H,31,32). The number of methoxy groups -OCH3 is 1. The van der Waals surface area contributed by atoms with Gasteiger partial charge in [-0.05, 0) is 48.0 Å². The van der Waals surface area contributed by atoms with Gasteiger partial charge in [0, 0.05) is 36.3 Å². The SMILES string of the molecule is COCCOc1ccc(NC(=O)C(Cc2c[nH]c3ccccc23)NC(=O)c2ccccc2Cl)cc1. The Balaban J connectivity index is 1.52. The molecule has 0 aliphatic heterocycles. The third-order valence-electron chi connectivity index (χ3n) is 5.52. The molecule has 1 aromatic heterocycles. The maximum atomic E-state index is 13.3. The van der Waals surface area contributed by atoms with Crippen molar-refractivity contribution in [1.82, 2.24) is 10.3 Å². The Bertz CT molecular complexity index is 1300. The third kappa shape index (κ3) is 6.20. The van der Waals surface area contributed by atoms with Crippen LogP contribution >= 0.6 is 11.6 Å². The van der Waals surface area contributed by atoms with Crippen LogP contribution in [-0.4, -0.2) is 43.2 Å². The van der Waals surface area contributed by atoms with Gasteiger partial charge in [-0.2, -0.15) is 0 Å². The minimum atomic E-state index is -0.837. The first-order valence-electron chi connectivity index (χ1n) is 11.2. The Morgan fingerprint density at radius 1 is 0.971 bits per heavy atom. The Labute approximate surface area is 208 Å². The molecule has 4 aromatic rings. The number of anilines is 1. The summed E-state index contributed by atoms with van der Waals surface area (Å²) in [5.74, 6) is -0.0939. The quantitative estimate of drug-likeness (QED) is 0.277. The second kappa shape index (κ2) is 11.6. The lowest BCUT2D eigenvalue weighted by molar-refractivity contribution is -0.118. The number of carbonyl (C=O) groups is 2. The van der Waals surface area contributed by atoms with Gasteiger partial charge in [0.05, 0.1) is 17.2 Å². The second-order valence-electron chi connectivity index (χ2n) is 7.92. The van der Waals surface area contributed by atoms with E-state index in [1.807, 2.05) is 30.5 Å². The van der Waals surface area contributed by atoms with Crippen LogP contribution in [0.1, 0.15) is 15.9 Å². The summed E-state index contributed by atoms with van der Waals surface area (Å²) < 4.78 is 10.5. The molecule has 35 heavy (non-hydrogen) atoms. The smallest absolute Gasteiger partial charge is 0.253 e. The van der Waals surface area contributed by atoms with E-state index < -0.39 is 11.9 Å². The fourth-order valence-corrected chi connectivity index (χ4v) is 3.94. The molecule has 3 N–H and O–H groups in total. The molecule has 0 bridgehead atoms. The fourth-order valence-electron chi connectivity index (χ4n) is 3.72. The molecule has 0 spiro atoms. The molecule has 3 aromatic carbocycles. The first-order valence-corrected chi connectivity index (χ1v) is 11.6. The molecule has 180 valence electrons. The van der Waals surface area contributed by atoms with Crippen LogP contribution in [0.15, 0.2) is 79.0 Å². The molecule has 7 nitrogen and oxygen atoms in total.